The molecular formula is Br3CdCs. The molecule has 0 saturated heterocycles. The van der Waals surface area contributed by atoms with Crippen molar-refractivity contribution >= 4 is 0 Å². The van der Waals surface area contributed by atoms with E-state index < -0.39 is 0 Å². The van der Waals surface area contributed by atoms with Crippen molar-refractivity contribution in [3.63, 3.8) is 0 Å². The van der Waals surface area contributed by atoms with Gasteiger partial charge in [0.1, 0.15) is 0 Å². The fourth-order valence-electron chi connectivity index (χ4n) is 0. The van der Waals surface area contributed by atoms with Gasteiger partial charge in [-0.2, -0.15) is 0 Å². The van der Waals surface area contributed by atoms with Crippen LogP contribution in [0.25, 0.3) is 0 Å². The number of hydrogen-bond donors (Lipinski definition) is 0. The van der Waals surface area contributed by atoms with E-state index >= 15 is 0 Å². The molecule has 0 saturated carbocycles. The van der Waals surface area contributed by atoms with Crippen molar-refractivity contribution in [2.24, 2.45) is 0 Å². The first-order valence-corrected chi connectivity index (χ1v) is 0. The normalized spacial score (nSPS) is 0. The van der Waals surface area contributed by atoms with Crippen LogP contribution in [0.1, 0.15) is 0 Å². The molecule has 0 aromatic heterocycles. The molecule has 24 valence electrons. The van der Waals surface area contributed by atoms with Gasteiger partial charge >= 0.3 is 96.2 Å². The summed E-state index contributed by atoms with van der Waals surface area (Å²) in [5, 5.41) is 0. The molecule has 0 aromatic rings. The van der Waals surface area contributed by atoms with Crippen molar-refractivity contribution in [1.82, 2.24) is 0 Å². The predicted octanol–water partition coefficient (Wildman–Crippen LogP) is -12.0. The van der Waals surface area contributed by atoms with Crippen LogP contribution in [-0.2, 0) is 27.3 Å². The average molecular weight is 485 g/mol. The Labute approximate surface area is 142 Å². The Bertz CT molecular complexity index is 6.85. The fraction of sp³-hybridized carbons (Fsp3) is 0. The molecule has 0 N–H and O–H groups in total. The maximum absolute atomic E-state index is 0. The molecule has 0 fully saturated rings. The summed E-state index contributed by atoms with van der Waals surface area (Å²) < 4.78 is 0. The van der Waals surface area contributed by atoms with Crippen LogP contribution in [-0.4, -0.2) is 0 Å². The minimum absolute atomic E-state index is 0. The maximum atomic E-state index is 0. The summed E-state index contributed by atoms with van der Waals surface area (Å²) in [4.78, 5) is 0. The van der Waals surface area contributed by atoms with Crippen LogP contribution >= 0.6 is 0 Å². The Kier molecular flexibility index (Phi) is 162. The van der Waals surface area contributed by atoms with E-state index in [0.717, 1.165) is 0 Å². The minimum Gasteiger partial charge on any atom is -1.00 e. The molecule has 0 heterocycles. The number of halogens is 3. The van der Waals surface area contributed by atoms with Crippen molar-refractivity contribution in [3.8, 4) is 0 Å². The van der Waals surface area contributed by atoms with Gasteiger partial charge in [0.15, 0.2) is 0 Å². The Morgan fingerprint density at radius 3 is 0.600 bits per heavy atom. The van der Waals surface area contributed by atoms with E-state index in [2.05, 4.69) is 0 Å². The first-order chi connectivity index (χ1) is 0. The minimum atomic E-state index is 0. The molecular weight excluding hydrogens is 485 g/mol. The van der Waals surface area contributed by atoms with Gasteiger partial charge in [0, 0.05) is 0 Å². The summed E-state index contributed by atoms with van der Waals surface area (Å²) in [6.07, 6.45) is 0. The third-order valence-corrected chi connectivity index (χ3v) is 0. The van der Waals surface area contributed by atoms with E-state index in [1.807, 2.05) is 0 Å². The topological polar surface area (TPSA) is 0 Å². The average Bonchev–Trinajstić information content (AvgIpc) is 0. The third-order valence-electron chi connectivity index (χ3n) is 0. The van der Waals surface area contributed by atoms with Crippen LogP contribution in [0.15, 0.2) is 0 Å². The van der Waals surface area contributed by atoms with E-state index in [4.69, 9.17) is 0 Å². The molecule has 5 heavy (non-hydrogen) atoms. The van der Waals surface area contributed by atoms with Gasteiger partial charge in [-0.3, -0.25) is 0 Å². The smallest absolute Gasteiger partial charge is 1.00 e. The van der Waals surface area contributed by atoms with Gasteiger partial charge in [0.2, 0.25) is 0 Å². The third kappa shape index (κ3) is 17.8. The summed E-state index contributed by atoms with van der Waals surface area (Å²) in [7, 11) is 0. The van der Waals surface area contributed by atoms with Crippen molar-refractivity contribution in [3.05, 3.63) is 0 Å². The first kappa shape index (κ1) is 34.2. The zero-order chi connectivity index (χ0) is 0. The molecule has 0 rings (SSSR count). The quantitative estimate of drug-likeness (QED) is 0.300. The Morgan fingerprint density at radius 1 is 0.600 bits per heavy atom. The second kappa shape index (κ2) is 23.7. The van der Waals surface area contributed by atoms with Gasteiger partial charge in [0.05, 0.1) is 0 Å². The zero-order valence-electron chi connectivity index (χ0n) is 2.84. The molecule has 0 spiro atoms. The van der Waals surface area contributed by atoms with Gasteiger partial charge in [-0.05, 0) is 0 Å². The van der Waals surface area contributed by atoms with Crippen molar-refractivity contribution in [2.75, 3.05) is 0 Å². The van der Waals surface area contributed by atoms with Crippen LogP contribution in [0.4, 0.5) is 0 Å². The summed E-state index contributed by atoms with van der Waals surface area (Å²) in [6.45, 7) is 0. The van der Waals surface area contributed by atoms with Crippen LogP contribution < -0.4 is 120 Å². The molecule has 0 nitrogen and oxygen atoms in total. The molecule has 5 heteroatoms. The molecule has 0 amide bonds. The van der Waals surface area contributed by atoms with Gasteiger partial charge in [-0.1, -0.05) is 0 Å². The van der Waals surface area contributed by atoms with Crippen LogP contribution in [0.3, 0.4) is 0 Å². The molecule has 0 atom stereocenters. The molecule has 0 aromatic carbocycles. The molecule has 0 unspecified atom stereocenters. The Balaban J connectivity index is 0. The first-order valence-electron chi connectivity index (χ1n) is 0. The van der Waals surface area contributed by atoms with Gasteiger partial charge < -0.3 is 50.9 Å². The van der Waals surface area contributed by atoms with Crippen molar-refractivity contribution < 1.29 is 147 Å². The van der Waals surface area contributed by atoms with Crippen LogP contribution in [0.2, 0.25) is 0 Å². The van der Waals surface area contributed by atoms with Gasteiger partial charge in [-0.25, -0.2) is 0 Å². The van der Waals surface area contributed by atoms with Crippen LogP contribution in [0, 0.1) is 0 Å². The molecule has 0 bridgehead atoms. The van der Waals surface area contributed by atoms with Gasteiger partial charge in [0.25, 0.3) is 0 Å². The van der Waals surface area contributed by atoms with E-state index in [-0.39, 0.29) is 147 Å². The standard InChI is InChI=1S/3BrH.Cd.Cs/h3*1H;;/q;;;+2;+1/p-3. The van der Waals surface area contributed by atoms with E-state index in [9.17, 15) is 0 Å². The summed E-state index contributed by atoms with van der Waals surface area (Å²) in [5.41, 5.74) is 0. The summed E-state index contributed by atoms with van der Waals surface area (Å²) in [5.74, 6) is 0. The molecule has 0 radical (unpaired) electrons. The van der Waals surface area contributed by atoms with E-state index in [1.165, 1.54) is 0 Å². The predicted molar refractivity (Wildman–Crippen MR) is 0 cm³/mol. The van der Waals surface area contributed by atoms with E-state index in [1.54, 1.807) is 0 Å². The second-order valence-electron chi connectivity index (χ2n) is 0. The van der Waals surface area contributed by atoms with Crippen molar-refractivity contribution in [2.45, 2.75) is 0 Å². The molecule has 0 aliphatic rings. The number of rotatable bonds is 0. The monoisotopic (exact) mass is 484 g/mol. The summed E-state index contributed by atoms with van der Waals surface area (Å²) in [6, 6.07) is 0. The van der Waals surface area contributed by atoms with Gasteiger partial charge in [-0.15, -0.1) is 0 Å². The largest absolute Gasteiger partial charge is 2.00 e. The molecule has 0 aliphatic carbocycles. The second-order valence-corrected chi connectivity index (χ2v) is 0. The number of hydrogen-bond acceptors (Lipinski definition) is 0. The Morgan fingerprint density at radius 2 is 0.600 bits per heavy atom. The Hall–Kier alpha value is 4.41. The fourth-order valence-corrected chi connectivity index (χ4v) is 0. The molecule has 0 aliphatic heterocycles. The maximum Gasteiger partial charge on any atom is 2.00 e. The SMILES string of the molecule is [Br-].[Br-].[Br-].[Cd+2].[Cs+]. The van der Waals surface area contributed by atoms with Crippen LogP contribution in [0.5, 0.6) is 0 Å². The summed E-state index contributed by atoms with van der Waals surface area (Å²) >= 11 is 0. The van der Waals surface area contributed by atoms with E-state index in [0.29, 0.717) is 0 Å². The van der Waals surface area contributed by atoms with Crippen molar-refractivity contribution in [1.29, 1.82) is 0 Å². The zero-order valence-corrected chi connectivity index (χ0v) is 17.9.